The third-order valence-corrected chi connectivity index (χ3v) is 6.20. The zero-order chi connectivity index (χ0) is 28.0. The molecule has 0 bridgehead atoms. The first-order chi connectivity index (χ1) is 18.0. The first-order valence-electron chi connectivity index (χ1n) is 12.6. The summed E-state index contributed by atoms with van der Waals surface area (Å²) in [7, 11) is 0. The Morgan fingerprint density at radius 3 is 2.61 bits per heavy atom. The maximum atomic E-state index is 14.9. The summed E-state index contributed by atoms with van der Waals surface area (Å²) in [5, 5.41) is 20.3. The van der Waals surface area contributed by atoms with E-state index in [9.17, 15) is 19.1 Å². The lowest BCUT2D eigenvalue weighted by atomic mass is 9.96. The van der Waals surface area contributed by atoms with Crippen molar-refractivity contribution in [1.82, 2.24) is 25.0 Å². The maximum Gasteiger partial charge on any atom is 0.410 e. The zero-order valence-corrected chi connectivity index (χ0v) is 22.8. The zero-order valence-electron chi connectivity index (χ0n) is 22.8. The smallest absolute Gasteiger partial charge is 0.410 e. The van der Waals surface area contributed by atoms with Crippen LogP contribution in [0.3, 0.4) is 0 Å². The van der Waals surface area contributed by atoms with Gasteiger partial charge in [0.2, 0.25) is 0 Å². The normalized spacial score (nSPS) is 14.4. The van der Waals surface area contributed by atoms with Crippen molar-refractivity contribution < 1.29 is 23.8 Å². The Bertz CT molecular complexity index is 1270. The lowest BCUT2D eigenvalue weighted by molar-refractivity contribution is 0.0729. The number of nitrogens with one attached hydrogen (secondary N) is 1. The minimum atomic E-state index is -0.607. The van der Waals surface area contributed by atoms with Crippen LogP contribution in [-0.4, -0.2) is 56.0 Å². The Kier molecular flexibility index (Phi) is 9.57. The van der Waals surface area contributed by atoms with E-state index < -0.39 is 17.8 Å². The van der Waals surface area contributed by atoms with Crippen LogP contribution < -0.4 is 5.32 Å². The fourth-order valence-corrected chi connectivity index (χ4v) is 4.01. The minimum absolute atomic E-state index is 0.0403. The monoisotopic (exact) mass is 525 g/mol. The Hall–Kier alpha value is -3.79. The summed E-state index contributed by atoms with van der Waals surface area (Å²) in [6.07, 6.45) is 6.71. The van der Waals surface area contributed by atoms with Crippen molar-refractivity contribution >= 4 is 17.6 Å². The van der Waals surface area contributed by atoms with Crippen LogP contribution in [0, 0.1) is 5.82 Å². The number of allylic oxidation sites excluding steroid dienone is 5. The molecule has 1 aliphatic heterocycles. The molecule has 0 spiro atoms. The second-order valence-electron chi connectivity index (χ2n) is 9.87. The Morgan fingerprint density at radius 1 is 1.21 bits per heavy atom. The summed E-state index contributed by atoms with van der Waals surface area (Å²) in [4.78, 5) is 27.0. The van der Waals surface area contributed by atoms with Crippen molar-refractivity contribution in [3.63, 3.8) is 0 Å². The van der Waals surface area contributed by atoms with Gasteiger partial charge < -0.3 is 24.6 Å². The molecule has 2 N–H and O–H groups in total. The number of nitrogens with zero attached hydrogens (tertiary/aromatic N) is 4. The highest BCUT2D eigenvalue weighted by molar-refractivity contribution is 5.96. The van der Waals surface area contributed by atoms with Crippen molar-refractivity contribution in [2.45, 2.75) is 66.7 Å². The highest BCUT2D eigenvalue weighted by Crippen LogP contribution is 2.24. The number of aliphatic hydroxyl groups is 1. The van der Waals surface area contributed by atoms with Crippen molar-refractivity contribution in [2.24, 2.45) is 0 Å². The molecule has 2 heterocycles. The summed E-state index contributed by atoms with van der Waals surface area (Å²) < 4.78 is 22.0. The Balaban J connectivity index is 1.76. The summed E-state index contributed by atoms with van der Waals surface area (Å²) in [5.41, 5.74) is 3.59. The van der Waals surface area contributed by atoms with Gasteiger partial charge >= 0.3 is 6.09 Å². The molecule has 1 aliphatic rings. The third kappa shape index (κ3) is 6.95. The highest BCUT2D eigenvalue weighted by Gasteiger charge is 2.25. The van der Waals surface area contributed by atoms with Crippen molar-refractivity contribution in [1.29, 1.82) is 0 Å². The fourth-order valence-electron chi connectivity index (χ4n) is 4.01. The van der Waals surface area contributed by atoms with E-state index in [4.69, 9.17) is 4.74 Å². The summed E-state index contributed by atoms with van der Waals surface area (Å²) in [6.45, 7) is 11.6. The molecule has 2 amide bonds. The molecule has 1 unspecified atom stereocenters. The molecule has 1 aromatic heterocycles. The standard InChI is InChI=1S/C28H36FN5O4/c1-17(2)25(9-7-8-19(5)26-32-30-16-34(26)20(6)15-35)31-27(36)23-12-22-14-33(28(37)38-18(3)4)11-10-21(22)13-24(23)29/h7-9,12-13,16,18,20,35H,10-11,14-15H2,1-6H3,(H,31,36)/b9-7-,19-8+. The number of aliphatic hydroxyl groups excluding tert-OH is 1. The van der Waals surface area contributed by atoms with E-state index in [1.165, 1.54) is 12.1 Å². The van der Waals surface area contributed by atoms with Gasteiger partial charge in [-0.05, 0) is 82.9 Å². The number of carbonyl (C=O) groups is 2. The molecule has 1 atom stereocenters. The SMILES string of the molecule is CC(C)=C(/C=C\C=C(/C)c1nncn1C(C)CO)NC(=O)c1cc2c(cc1F)CCN(C(=O)OC(C)C)C2. The molecule has 0 saturated carbocycles. The van der Waals surface area contributed by atoms with Crippen LogP contribution in [0.25, 0.3) is 5.57 Å². The van der Waals surface area contributed by atoms with E-state index in [0.717, 1.165) is 22.3 Å². The first-order valence-corrected chi connectivity index (χ1v) is 12.6. The topological polar surface area (TPSA) is 110 Å². The summed E-state index contributed by atoms with van der Waals surface area (Å²) >= 11 is 0. The largest absolute Gasteiger partial charge is 0.447 e. The second kappa shape index (κ2) is 12.6. The van der Waals surface area contributed by atoms with Crippen molar-refractivity contribution in [3.8, 4) is 0 Å². The number of benzene rings is 1. The molecule has 204 valence electrons. The van der Waals surface area contributed by atoms with Crippen molar-refractivity contribution in [2.75, 3.05) is 13.2 Å². The Morgan fingerprint density at radius 2 is 1.95 bits per heavy atom. The molecule has 0 aliphatic carbocycles. The number of hydrogen-bond donors (Lipinski definition) is 2. The quantitative estimate of drug-likeness (QED) is 0.489. The fraction of sp³-hybridized carbons (Fsp3) is 0.429. The minimum Gasteiger partial charge on any atom is -0.447 e. The average molecular weight is 526 g/mol. The van der Waals surface area contributed by atoms with Gasteiger partial charge in [0.15, 0.2) is 5.82 Å². The molecule has 3 rings (SSSR count). The number of ether oxygens (including phenoxy) is 1. The van der Waals surface area contributed by atoms with Gasteiger partial charge in [0.05, 0.1) is 24.3 Å². The van der Waals surface area contributed by atoms with Gasteiger partial charge in [0.25, 0.3) is 5.91 Å². The number of aromatic nitrogens is 3. The molecule has 2 aromatic rings. The predicted octanol–water partition coefficient (Wildman–Crippen LogP) is 4.56. The number of hydrogen-bond acceptors (Lipinski definition) is 6. The average Bonchev–Trinajstić information content (AvgIpc) is 3.36. The Labute approximate surface area is 222 Å². The van der Waals surface area contributed by atoms with Crippen LogP contribution in [0.4, 0.5) is 9.18 Å². The van der Waals surface area contributed by atoms with Gasteiger partial charge in [-0.3, -0.25) is 4.79 Å². The lowest BCUT2D eigenvalue weighted by Crippen LogP contribution is -2.37. The predicted molar refractivity (Wildman–Crippen MR) is 143 cm³/mol. The molecular weight excluding hydrogens is 489 g/mol. The second-order valence-corrected chi connectivity index (χ2v) is 9.87. The van der Waals surface area contributed by atoms with E-state index in [1.54, 1.807) is 41.8 Å². The molecule has 0 fully saturated rings. The number of halogens is 1. The molecule has 9 nitrogen and oxygen atoms in total. The van der Waals surface area contributed by atoms with Crippen LogP contribution in [0.5, 0.6) is 0 Å². The van der Waals surface area contributed by atoms with Crippen LogP contribution in [0.1, 0.15) is 74.9 Å². The lowest BCUT2D eigenvalue weighted by Gasteiger charge is -2.29. The molecule has 0 radical (unpaired) electrons. The van der Waals surface area contributed by atoms with Gasteiger partial charge in [-0.25, -0.2) is 9.18 Å². The van der Waals surface area contributed by atoms with Crippen LogP contribution in [0.15, 0.2) is 48.0 Å². The molecular formula is C28H36FN5O4. The maximum absolute atomic E-state index is 14.9. The van der Waals surface area contributed by atoms with E-state index >= 15 is 0 Å². The number of fused-ring (bicyclic) bond motifs is 1. The van der Waals surface area contributed by atoms with Gasteiger partial charge in [-0.2, -0.15) is 0 Å². The van der Waals surface area contributed by atoms with Gasteiger partial charge in [0.1, 0.15) is 12.1 Å². The van der Waals surface area contributed by atoms with Crippen molar-refractivity contribution in [3.05, 3.63) is 76.3 Å². The molecule has 10 heteroatoms. The van der Waals surface area contributed by atoms with E-state index in [2.05, 4.69) is 15.5 Å². The number of carbonyl (C=O) groups excluding carboxylic acids is 2. The number of amides is 2. The van der Waals surface area contributed by atoms with Gasteiger partial charge in [-0.15, -0.1) is 10.2 Å². The first kappa shape index (κ1) is 28.8. The van der Waals surface area contributed by atoms with Crippen LogP contribution >= 0.6 is 0 Å². The highest BCUT2D eigenvalue weighted by atomic mass is 19.1. The number of rotatable bonds is 8. The molecule has 1 aromatic carbocycles. The van der Waals surface area contributed by atoms with Crippen LogP contribution in [-0.2, 0) is 17.7 Å². The third-order valence-electron chi connectivity index (χ3n) is 6.20. The van der Waals surface area contributed by atoms with Gasteiger partial charge in [0, 0.05) is 18.8 Å². The van der Waals surface area contributed by atoms with Crippen LogP contribution in [0.2, 0.25) is 0 Å². The van der Waals surface area contributed by atoms with Gasteiger partial charge in [-0.1, -0.05) is 17.7 Å². The molecule has 0 saturated heterocycles. The summed E-state index contributed by atoms with van der Waals surface area (Å²) in [5.74, 6) is -0.559. The molecule has 38 heavy (non-hydrogen) atoms. The summed E-state index contributed by atoms with van der Waals surface area (Å²) in [6, 6.07) is 2.73. The van der Waals surface area contributed by atoms with E-state index in [0.29, 0.717) is 24.5 Å². The van der Waals surface area contributed by atoms with E-state index in [1.807, 2.05) is 33.8 Å². The van der Waals surface area contributed by atoms with E-state index in [-0.39, 0.29) is 30.9 Å².